The standard InChI is InChI=1S/C22H27N3OS/c1-6-25-21(18(5)26-20-12-16(3)11-17(4)13-20)23-24-22(25)27-14-19-9-7-15(2)8-10-19/h7-13,18H,6,14H2,1-5H3. The molecule has 4 nitrogen and oxygen atoms in total. The van der Waals surface area contributed by atoms with Crippen LogP contribution in [-0.4, -0.2) is 14.8 Å². The van der Waals surface area contributed by atoms with Crippen LogP contribution >= 0.6 is 11.8 Å². The third-order valence-corrected chi connectivity index (χ3v) is 5.46. The first-order valence-corrected chi connectivity index (χ1v) is 10.3. The number of rotatable bonds is 7. The Labute approximate surface area is 166 Å². The molecule has 0 saturated carbocycles. The van der Waals surface area contributed by atoms with Gasteiger partial charge in [0.05, 0.1) is 0 Å². The van der Waals surface area contributed by atoms with Crippen LogP contribution in [0.2, 0.25) is 0 Å². The Balaban J connectivity index is 1.73. The van der Waals surface area contributed by atoms with Crippen molar-refractivity contribution >= 4 is 11.8 Å². The van der Waals surface area contributed by atoms with Crippen molar-refractivity contribution in [2.24, 2.45) is 0 Å². The van der Waals surface area contributed by atoms with Gasteiger partial charge in [0.1, 0.15) is 5.75 Å². The molecule has 1 unspecified atom stereocenters. The van der Waals surface area contributed by atoms with E-state index in [-0.39, 0.29) is 6.10 Å². The fourth-order valence-corrected chi connectivity index (χ4v) is 4.06. The van der Waals surface area contributed by atoms with Gasteiger partial charge in [-0.05, 0) is 63.4 Å². The summed E-state index contributed by atoms with van der Waals surface area (Å²) in [6.07, 6.45) is -0.160. The number of benzene rings is 2. The van der Waals surface area contributed by atoms with E-state index >= 15 is 0 Å². The zero-order chi connectivity index (χ0) is 19.4. The number of hydrogen-bond donors (Lipinski definition) is 0. The Morgan fingerprint density at radius 2 is 1.63 bits per heavy atom. The van der Waals surface area contributed by atoms with E-state index < -0.39 is 0 Å². The summed E-state index contributed by atoms with van der Waals surface area (Å²) < 4.78 is 8.31. The summed E-state index contributed by atoms with van der Waals surface area (Å²) in [4.78, 5) is 0. The number of hydrogen-bond acceptors (Lipinski definition) is 4. The van der Waals surface area contributed by atoms with Gasteiger partial charge in [-0.15, -0.1) is 10.2 Å². The first-order valence-electron chi connectivity index (χ1n) is 9.32. The summed E-state index contributed by atoms with van der Waals surface area (Å²) in [6.45, 7) is 11.2. The normalized spacial score (nSPS) is 12.2. The van der Waals surface area contributed by atoms with Gasteiger partial charge in [0.25, 0.3) is 0 Å². The Hall–Kier alpha value is -2.27. The molecule has 0 spiro atoms. The Morgan fingerprint density at radius 1 is 0.963 bits per heavy atom. The van der Waals surface area contributed by atoms with Crippen LogP contribution in [0.3, 0.4) is 0 Å². The van der Waals surface area contributed by atoms with E-state index in [1.165, 1.54) is 22.3 Å². The summed E-state index contributed by atoms with van der Waals surface area (Å²) >= 11 is 1.71. The maximum absolute atomic E-state index is 6.16. The lowest BCUT2D eigenvalue weighted by Crippen LogP contribution is -2.12. The molecular weight excluding hydrogens is 354 g/mol. The first kappa shape index (κ1) is 19.5. The molecule has 0 amide bonds. The van der Waals surface area contributed by atoms with Gasteiger partial charge in [0.15, 0.2) is 17.1 Å². The van der Waals surface area contributed by atoms with Gasteiger partial charge in [0.2, 0.25) is 0 Å². The highest BCUT2D eigenvalue weighted by molar-refractivity contribution is 7.98. The van der Waals surface area contributed by atoms with Crippen LogP contribution in [0, 0.1) is 20.8 Å². The van der Waals surface area contributed by atoms with Gasteiger partial charge in [-0.2, -0.15) is 0 Å². The highest BCUT2D eigenvalue weighted by Gasteiger charge is 2.19. The molecule has 0 aliphatic rings. The molecule has 2 aromatic carbocycles. The molecule has 1 heterocycles. The lowest BCUT2D eigenvalue weighted by atomic mass is 10.1. The molecule has 5 heteroatoms. The molecule has 3 rings (SSSR count). The van der Waals surface area contributed by atoms with E-state index in [4.69, 9.17) is 4.74 Å². The van der Waals surface area contributed by atoms with E-state index in [1.54, 1.807) is 11.8 Å². The zero-order valence-corrected chi connectivity index (χ0v) is 17.5. The predicted molar refractivity (Wildman–Crippen MR) is 111 cm³/mol. The Bertz CT molecular complexity index is 882. The number of ether oxygens (including phenoxy) is 1. The molecule has 0 bridgehead atoms. The molecule has 3 aromatic rings. The molecule has 0 radical (unpaired) electrons. The lowest BCUT2D eigenvalue weighted by molar-refractivity contribution is 0.209. The molecule has 0 N–H and O–H groups in total. The fourth-order valence-electron chi connectivity index (χ4n) is 3.09. The van der Waals surface area contributed by atoms with Crippen LogP contribution in [0.4, 0.5) is 0 Å². The summed E-state index contributed by atoms with van der Waals surface area (Å²) in [5.41, 5.74) is 4.96. The third-order valence-electron chi connectivity index (χ3n) is 4.42. The van der Waals surface area contributed by atoms with Crippen molar-refractivity contribution in [3.05, 3.63) is 70.5 Å². The molecule has 0 aliphatic carbocycles. The van der Waals surface area contributed by atoms with E-state index in [0.717, 1.165) is 29.0 Å². The second kappa shape index (κ2) is 8.61. The van der Waals surface area contributed by atoms with Crippen molar-refractivity contribution in [1.82, 2.24) is 14.8 Å². The average Bonchev–Trinajstić information content (AvgIpc) is 3.03. The zero-order valence-electron chi connectivity index (χ0n) is 16.7. The summed E-state index contributed by atoms with van der Waals surface area (Å²) in [7, 11) is 0. The number of aromatic nitrogens is 3. The van der Waals surface area contributed by atoms with Crippen molar-refractivity contribution in [2.75, 3.05) is 0 Å². The van der Waals surface area contributed by atoms with Crippen molar-refractivity contribution in [3.63, 3.8) is 0 Å². The van der Waals surface area contributed by atoms with Crippen molar-refractivity contribution < 1.29 is 4.74 Å². The van der Waals surface area contributed by atoms with Gasteiger partial charge < -0.3 is 9.30 Å². The van der Waals surface area contributed by atoms with E-state index in [9.17, 15) is 0 Å². The number of nitrogens with zero attached hydrogens (tertiary/aromatic N) is 3. The molecule has 142 valence electrons. The molecule has 1 aromatic heterocycles. The van der Waals surface area contributed by atoms with Crippen molar-refractivity contribution in [1.29, 1.82) is 0 Å². The van der Waals surface area contributed by atoms with Crippen LogP contribution in [0.5, 0.6) is 5.75 Å². The van der Waals surface area contributed by atoms with E-state index in [2.05, 4.69) is 84.9 Å². The minimum atomic E-state index is -0.160. The lowest BCUT2D eigenvalue weighted by Gasteiger charge is -2.16. The van der Waals surface area contributed by atoms with Crippen molar-refractivity contribution in [3.8, 4) is 5.75 Å². The summed E-state index contributed by atoms with van der Waals surface area (Å²) in [5, 5.41) is 9.77. The smallest absolute Gasteiger partial charge is 0.191 e. The van der Waals surface area contributed by atoms with Crippen LogP contribution in [-0.2, 0) is 12.3 Å². The first-order chi connectivity index (χ1) is 13.0. The van der Waals surface area contributed by atoms with Crippen LogP contribution in [0.1, 0.15) is 48.0 Å². The average molecular weight is 382 g/mol. The summed E-state index contributed by atoms with van der Waals surface area (Å²) in [6, 6.07) is 14.9. The van der Waals surface area contributed by atoms with Gasteiger partial charge in [-0.25, -0.2) is 0 Å². The predicted octanol–water partition coefficient (Wildman–Crippen LogP) is 5.66. The van der Waals surface area contributed by atoms with E-state index in [0.29, 0.717) is 0 Å². The SMILES string of the molecule is CCn1c(SCc2ccc(C)cc2)nnc1C(C)Oc1cc(C)cc(C)c1. The molecule has 1 atom stereocenters. The Kier molecular flexibility index (Phi) is 6.22. The van der Waals surface area contributed by atoms with E-state index in [1.807, 2.05) is 6.92 Å². The van der Waals surface area contributed by atoms with Crippen LogP contribution in [0.25, 0.3) is 0 Å². The number of thioether (sulfide) groups is 1. The maximum atomic E-state index is 6.16. The highest BCUT2D eigenvalue weighted by atomic mass is 32.2. The highest BCUT2D eigenvalue weighted by Crippen LogP contribution is 2.27. The monoisotopic (exact) mass is 381 g/mol. The van der Waals surface area contributed by atoms with Gasteiger partial charge in [0, 0.05) is 12.3 Å². The second-order valence-electron chi connectivity index (χ2n) is 6.94. The minimum absolute atomic E-state index is 0.160. The largest absolute Gasteiger partial charge is 0.483 e. The molecule has 27 heavy (non-hydrogen) atoms. The van der Waals surface area contributed by atoms with Gasteiger partial charge in [-0.1, -0.05) is 47.7 Å². The van der Waals surface area contributed by atoms with Gasteiger partial charge >= 0.3 is 0 Å². The van der Waals surface area contributed by atoms with Gasteiger partial charge in [-0.3, -0.25) is 0 Å². The number of aryl methyl sites for hydroxylation is 3. The minimum Gasteiger partial charge on any atom is -0.483 e. The summed E-state index contributed by atoms with van der Waals surface area (Å²) in [5.74, 6) is 2.62. The third kappa shape index (κ3) is 4.92. The van der Waals surface area contributed by atoms with Crippen LogP contribution in [0.15, 0.2) is 47.6 Å². The molecule has 0 fully saturated rings. The molecular formula is C22H27N3OS. The fraction of sp³-hybridized carbons (Fsp3) is 0.364. The molecule has 0 saturated heterocycles. The maximum Gasteiger partial charge on any atom is 0.191 e. The Morgan fingerprint density at radius 3 is 2.26 bits per heavy atom. The van der Waals surface area contributed by atoms with Crippen LogP contribution < -0.4 is 4.74 Å². The second-order valence-corrected chi connectivity index (χ2v) is 7.89. The quantitative estimate of drug-likeness (QED) is 0.495. The van der Waals surface area contributed by atoms with Crippen molar-refractivity contribution in [2.45, 2.75) is 58.2 Å². The topological polar surface area (TPSA) is 39.9 Å². The molecule has 0 aliphatic heterocycles.